The van der Waals surface area contributed by atoms with Crippen molar-refractivity contribution in [2.45, 2.75) is 11.8 Å². The zero-order chi connectivity index (χ0) is 13.2. The van der Waals surface area contributed by atoms with Crippen molar-refractivity contribution in [2.24, 2.45) is 16.5 Å². The van der Waals surface area contributed by atoms with E-state index < -0.39 is 24.3 Å². The molecule has 0 bridgehead atoms. The first-order valence-electron chi connectivity index (χ1n) is 5.47. The number of primary amides is 1. The summed E-state index contributed by atoms with van der Waals surface area (Å²) in [6.45, 7) is -0.564. The summed E-state index contributed by atoms with van der Waals surface area (Å²) in [4.78, 5) is 15.3. The fraction of sp³-hybridized carbons (Fsp3) is 0.333. The number of carbonyl (C=O) groups is 1. The summed E-state index contributed by atoms with van der Waals surface area (Å²) in [5.41, 5.74) is 10.4. The van der Waals surface area contributed by atoms with Crippen LogP contribution in [0.3, 0.4) is 0 Å². The Balaban J connectivity index is 2.50. The van der Waals surface area contributed by atoms with Crippen molar-refractivity contribution >= 4 is 12.1 Å². The van der Waals surface area contributed by atoms with Crippen LogP contribution in [0.2, 0.25) is 0 Å². The van der Waals surface area contributed by atoms with Gasteiger partial charge in [-0.25, -0.2) is 4.39 Å². The molecule has 6 heteroatoms. The molecular formula is C12H14FN3O2. The number of ether oxygens (including phenoxy) is 1. The van der Waals surface area contributed by atoms with Gasteiger partial charge in [-0.3, -0.25) is 9.79 Å². The van der Waals surface area contributed by atoms with Gasteiger partial charge in [0, 0.05) is 11.8 Å². The van der Waals surface area contributed by atoms with Crippen molar-refractivity contribution in [1.82, 2.24) is 0 Å². The van der Waals surface area contributed by atoms with Gasteiger partial charge >= 0.3 is 0 Å². The predicted molar refractivity (Wildman–Crippen MR) is 65.0 cm³/mol. The van der Waals surface area contributed by atoms with Gasteiger partial charge in [-0.1, -0.05) is 12.1 Å². The first kappa shape index (κ1) is 12.7. The van der Waals surface area contributed by atoms with Crippen LogP contribution in [-0.4, -0.2) is 31.6 Å². The highest BCUT2D eigenvalue weighted by atomic mass is 19.1. The van der Waals surface area contributed by atoms with Gasteiger partial charge in [-0.05, 0) is 17.7 Å². The van der Waals surface area contributed by atoms with Crippen molar-refractivity contribution in [3.8, 4) is 0 Å². The van der Waals surface area contributed by atoms with Crippen molar-refractivity contribution in [3.05, 3.63) is 35.4 Å². The van der Waals surface area contributed by atoms with Gasteiger partial charge < -0.3 is 16.2 Å². The number of halogens is 1. The third-order valence-corrected chi connectivity index (χ3v) is 2.99. The molecular weight excluding hydrogens is 237 g/mol. The minimum absolute atomic E-state index is 0.248. The van der Waals surface area contributed by atoms with E-state index >= 15 is 0 Å². The van der Waals surface area contributed by atoms with Crippen LogP contribution in [0.1, 0.15) is 15.9 Å². The molecule has 1 aromatic rings. The van der Waals surface area contributed by atoms with Crippen LogP contribution in [0.25, 0.3) is 0 Å². The number of carbonyl (C=O) groups excluding carboxylic acids is 1. The first-order valence-corrected chi connectivity index (χ1v) is 5.47. The van der Waals surface area contributed by atoms with Gasteiger partial charge in [0.25, 0.3) is 0 Å². The lowest BCUT2D eigenvalue weighted by atomic mass is 9.88. The Labute approximate surface area is 104 Å². The second-order valence-electron chi connectivity index (χ2n) is 4.07. The Bertz CT molecular complexity index is 492. The quantitative estimate of drug-likeness (QED) is 0.811. The topological polar surface area (TPSA) is 90.7 Å². The zero-order valence-corrected chi connectivity index (χ0v) is 9.67. The molecule has 96 valence electrons. The maximum Gasteiger partial charge on any atom is 0.248 e. The van der Waals surface area contributed by atoms with Crippen LogP contribution in [-0.2, 0) is 10.3 Å². The minimum atomic E-state index is -1.30. The molecule has 0 spiro atoms. The molecule has 0 saturated carbocycles. The monoisotopic (exact) mass is 251 g/mol. The van der Waals surface area contributed by atoms with Gasteiger partial charge in [-0.15, -0.1) is 0 Å². The SMILES string of the molecule is NC(=O)c1cccc(C2(CF)N=CCOC2N)c1. The number of rotatable bonds is 3. The number of nitrogens with zero attached hydrogens (tertiary/aromatic N) is 1. The highest BCUT2D eigenvalue weighted by Gasteiger charge is 2.41. The lowest BCUT2D eigenvalue weighted by Gasteiger charge is -2.35. The molecule has 2 unspecified atom stereocenters. The first-order chi connectivity index (χ1) is 8.60. The van der Waals surface area contributed by atoms with Crippen LogP contribution in [0.4, 0.5) is 4.39 Å². The normalized spacial score (nSPS) is 27.1. The average molecular weight is 251 g/mol. The third kappa shape index (κ3) is 2.00. The smallest absolute Gasteiger partial charge is 0.248 e. The number of aliphatic imine (C=N–C) groups is 1. The van der Waals surface area contributed by atoms with Crippen molar-refractivity contribution in [1.29, 1.82) is 0 Å². The van der Waals surface area contributed by atoms with E-state index in [0.29, 0.717) is 5.56 Å². The lowest BCUT2D eigenvalue weighted by molar-refractivity contribution is 0.00252. The van der Waals surface area contributed by atoms with Crippen molar-refractivity contribution in [3.63, 3.8) is 0 Å². The second kappa shape index (κ2) is 4.83. The lowest BCUT2D eigenvalue weighted by Crippen LogP contribution is -2.50. The second-order valence-corrected chi connectivity index (χ2v) is 4.07. The van der Waals surface area contributed by atoms with Crippen LogP contribution < -0.4 is 11.5 Å². The maximum atomic E-state index is 13.4. The number of hydrogen-bond acceptors (Lipinski definition) is 4. The molecule has 4 N–H and O–H groups in total. The van der Waals surface area contributed by atoms with Crippen molar-refractivity contribution in [2.75, 3.05) is 13.3 Å². The molecule has 0 fully saturated rings. The standard InChI is InChI=1S/C12H14FN3O2/c13-7-12(11(15)18-5-4-16-12)9-3-1-2-8(6-9)10(14)17/h1-4,6,11H,5,7,15H2,(H2,14,17). The number of amides is 1. The van der Waals surface area contributed by atoms with E-state index in [1.54, 1.807) is 18.2 Å². The minimum Gasteiger partial charge on any atom is -0.366 e. The Morgan fingerprint density at radius 2 is 2.39 bits per heavy atom. The van der Waals surface area contributed by atoms with Crippen LogP contribution in [0.15, 0.2) is 29.3 Å². The molecule has 2 rings (SSSR count). The molecule has 1 heterocycles. The Morgan fingerprint density at radius 3 is 3.00 bits per heavy atom. The summed E-state index contributed by atoms with van der Waals surface area (Å²) in [7, 11) is 0. The van der Waals surface area contributed by atoms with E-state index in [9.17, 15) is 9.18 Å². The van der Waals surface area contributed by atoms with E-state index in [2.05, 4.69) is 4.99 Å². The number of nitrogens with two attached hydrogens (primary N) is 2. The van der Waals surface area contributed by atoms with Crippen LogP contribution in [0.5, 0.6) is 0 Å². The van der Waals surface area contributed by atoms with Crippen molar-refractivity contribution < 1.29 is 13.9 Å². The zero-order valence-electron chi connectivity index (χ0n) is 9.67. The molecule has 0 aromatic heterocycles. The highest BCUT2D eigenvalue weighted by molar-refractivity contribution is 5.93. The molecule has 1 aromatic carbocycles. The third-order valence-electron chi connectivity index (χ3n) is 2.99. The van der Waals surface area contributed by atoms with Crippen LogP contribution >= 0.6 is 0 Å². The van der Waals surface area contributed by atoms with E-state index in [4.69, 9.17) is 16.2 Å². The van der Waals surface area contributed by atoms with Gasteiger partial charge in [0.2, 0.25) is 5.91 Å². The molecule has 5 nitrogen and oxygen atoms in total. The van der Waals surface area contributed by atoms with E-state index in [0.717, 1.165) is 0 Å². The summed E-state index contributed by atoms with van der Waals surface area (Å²) in [6.07, 6.45) is 0.579. The van der Waals surface area contributed by atoms with E-state index in [-0.39, 0.29) is 12.2 Å². The molecule has 1 aliphatic rings. The Hall–Kier alpha value is -1.79. The molecule has 0 aliphatic carbocycles. The Morgan fingerprint density at radius 1 is 1.61 bits per heavy atom. The number of benzene rings is 1. The average Bonchev–Trinajstić information content (AvgIpc) is 2.40. The van der Waals surface area contributed by atoms with Crippen LogP contribution in [0, 0.1) is 0 Å². The molecule has 18 heavy (non-hydrogen) atoms. The molecule has 0 saturated heterocycles. The summed E-state index contributed by atoms with van der Waals surface area (Å²) >= 11 is 0. The molecule has 2 atom stereocenters. The predicted octanol–water partition coefficient (Wildman–Crippen LogP) is 0.336. The summed E-state index contributed by atoms with van der Waals surface area (Å²) < 4.78 is 18.6. The van der Waals surface area contributed by atoms with Gasteiger partial charge in [-0.2, -0.15) is 0 Å². The summed E-state index contributed by atoms with van der Waals surface area (Å²) in [5, 5.41) is 0. The fourth-order valence-corrected chi connectivity index (χ4v) is 1.93. The van der Waals surface area contributed by atoms with Gasteiger partial charge in [0.05, 0.1) is 6.61 Å². The largest absolute Gasteiger partial charge is 0.366 e. The molecule has 0 radical (unpaired) electrons. The van der Waals surface area contributed by atoms with E-state index in [1.807, 2.05) is 0 Å². The highest BCUT2D eigenvalue weighted by Crippen LogP contribution is 2.32. The summed E-state index contributed by atoms with van der Waals surface area (Å²) in [5.74, 6) is -0.583. The summed E-state index contributed by atoms with van der Waals surface area (Å²) in [6, 6.07) is 6.31. The maximum absolute atomic E-state index is 13.4. The fourth-order valence-electron chi connectivity index (χ4n) is 1.93. The van der Waals surface area contributed by atoms with Gasteiger partial charge in [0.1, 0.15) is 12.9 Å². The molecule has 1 aliphatic heterocycles. The number of hydrogen-bond donors (Lipinski definition) is 2. The van der Waals surface area contributed by atoms with E-state index in [1.165, 1.54) is 12.3 Å². The molecule has 1 amide bonds. The van der Waals surface area contributed by atoms with Gasteiger partial charge in [0.15, 0.2) is 5.54 Å². The Kier molecular flexibility index (Phi) is 3.40. The number of alkyl halides is 1.